The van der Waals surface area contributed by atoms with Crippen molar-refractivity contribution in [2.75, 3.05) is 26.7 Å². The average Bonchev–Trinajstić information content (AvgIpc) is 2.20. The van der Waals surface area contributed by atoms with Crippen LogP contribution in [0.25, 0.3) is 0 Å². The van der Waals surface area contributed by atoms with Crippen molar-refractivity contribution in [3.05, 3.63) is 0 Å². The molecule has 2 nitrogen and oxygen atoms in total. The molecule has 1 fully saturated rings. The predicted octanol–water partition coefficient (Wildman–Crippen LogP) is 1.47. The number of piperidine rings is 1. The molecule has 0 saturated carbocycles. The number of hydrogen-bond acceptors (Lipinski definition) is 2. The molecule has 1 N–H and O–H groups in total. The zero-order chi connectivity index (χ0) is 10.2. The summed E-state index contributed by atoms with van der Waals surface area (Å²) in [5.41, 5.74) is 0. The molecular weight excluding hydrogens is 172 g/mol. The number of nitrogens with one attached hydrogen (secondary N) is 1. The van der Waals surface area contributed by atoms with Crippen LogP contribution < -0.4 is 5.32 Å². The Morgan fingerprint density at radius 3 is 3.00 bits per heavy atom. The molecule has 1 saturated heterocycles. The molecule has 1 aliphatic rings. The molecule has 1 aliphatic heterocycles. The van der Waals surface area contributed by atoms with Gasteiger partial charge in [-0.3, -0.25) is 0 Å². The number of likely N-dealkylation sites (tertiary alicyclic amines) is 1. The van der Waals surface area contributed by atoms with Crippen molar-refractivity contribution in [1.29, 1.82) is 0 Å². The summed E-state index contributed by atoms with van der Waals surface area (Å²) in [5.74, 6) is 5.91. The maximum atomic E-state index is 3.35. The van der Waals surface area contributed by atoms with Gasteiger partial charge in [-0.05, 0) is 46.3 Å². The molecule has 1 atom stereocenters. The van der Waals surface area contributed by atoms with Crippen molar-refractivity contribution in [1.82, 2.24) is 10.2 Å². The molecule has 0 aromatic rings. The maximum Gasteiger partial charge on any atom is 0.0576 e. The second kappa shape index (κ2) is 6.86. The van der Waals surface area contributed by atoms with Crippen LogP contribution in [0, 0.1) is 11.8 Å². The van der Waals surface area contributed by atoms with Gasteiger partial charge in [-0.2, -0.15) is 0 Å². The van der Waals surface area contributed by atoms with Gasteiger partial charge >= 0.3 is 0 Å². The second-order valence-electron chi connectivity index (χ2n) is 4.02. The first-order valence-corrected chi connectivity index (χ1v) is 5.65. The Kier molecular flexibility index (Phi) is 5.66. The second-order valence-corrected chi connectivity index (χ2v) is 4.02. The average molecular weight is 194 g/mol. The molecule has 1 rings (SSSR count). The van der Waals surface area contributed by atoms with Crippen LogP contribution in [-0.4, -0.2) is 37.6 Å². The SMILES string of the molecule is CC#CCNCCC1CCCCN1C. The van der Waals surface area contributed by atoms with E-state index < -0.39 is 0 Å². The van der Waals surface area contributed by atoms with Crippen molar-refractivity contribution in [2.45, 2.75) is 38.6 Å². The summed E-state index contributed by atoms with van der Waals surface area (Å²) < 4.78 is 0. The first-order valence-electron chi connectivity index (χ1n) is 5.65. The fraction of sp³-hybridized carbons (Fsp3) is 0.833. The van der Waals surface area contributed by atoms with E-state index >= 15 is 0 Å². The fourth-order valence-corrected chi connectivity index (χ4v) is 2.02. The Balaban J connectivity index is 2.06. The summed E-state index contributed by atoms with van der Waals surface area (Å²) in [7, 11) is 2.25. The van der Waals surface area contributed by atoms with Gasteiger partial charge in [0.05, 0.1) is 6.54 Å². The standard InChI is InChI=1S/C12H22N2/c1-3-4-9-13-10-8-12-7-5-6-11-14(12)2/h12-13H,5-11H2,1-2H3. The molecule has 0 spiro atoms. The largest absolute Gasteiger partial charge is 0.306 e. The number of rotatable bonds is 4. The summed E-state index contributed by atoms with van der Waals surface area (Å²) in [6.45, 7) is 5.10. The smallest absolute Gasteiger partial charge is 0.0576 e. The van der Waals surface area contributed by atoms with Crippen LogP contribution in [0.3, 0.4) is 0 Å². The lowest BCUT2D eigenvalue weighted by Crippen LogP contribution is -2.38. The Labute approximate surface area is 88.1 Å². The molecule has 0 aromatic carbocycles. The molecule has 0 bridgehead atoms. The predicted molar refractivity (Wildman–Crippen MR) is 61.2 cm³/mol. The van der Waals surface area contributed by atoms with Crippen molar-refractivity contribution >= 4 is 0 Å². The third-order valence-corrected chi connectivity index (χ3v) is 2.97. The van der Waals surface area contributed by atoms with Gasteiger partial charge in [-0.25, -0.2) is 0 Å². The van der Waals surface area contributed by atoms with Gasteiger partial charge in [0.15, 0.2) is 0 Å². The highest BCUT2D eigenvalue weighted by molar-refractivity contribution is 4.96. The topological polar surface area (TPSA) is 15.3 Å². The van der Waals surface area contributed by atoms with Gasteiger partial charge in [-0.15, -0.1) is 5.92 Å². The van der Waals surface area contributed by atoms with Crippen LogP contribution in [-0.2, 0) is 0 Å². The van der Waals surface area contributed by atoms with Gasteiger partial charge in [0, 0.05) is 6.04 Å². The zero-order valence-corrected chi connectivity index (χ0v) is 9.47. The zero-order valence-electron chi connectivity index (χ0n) is 9.47. The van der Waals surface area contributed by atoms with Crippen LogP contribution in [0.5, 0.6) is 0 Å². The van der Waals surface area contributed by atoms with Crippen LogP contribution in [0.4, 0.5) is 0 Å². The van der Waals surface area contributed by atoms with Crippen LogP contribution in [0.2, 0.25) is 0 Å². The minimum absolute atomic E-state index is 0.797. The normalized spacial score (nSPS) is 22.9. The summed E-state index contributed by atoms with van der Waals surface area (Å²) in [4.78, 5) is 2.50. The van der Waals surface area contributed by atoms with E-state index in [0.717, 1.165) is 19.1 Å². The first-order chi connectivity index (χ1) is 6.84. The van der Waals surface area contributed by atoms with E-state index in [1.54, 1.807) is 0 Å². The monoisotopic (exact) mass is 194 g/mol. The van der Waals surface area contributed by atoms with E-state index in [-0.39, 0.29) is 0 Å². The van der Waals surface area contributed by atoms with Crippen LogP contribution >= 0.6 is 0 Å². The Bertz CT molecular complexity index is 202. The lowest BCUT2D eigenvalue weighted by atomic mass is 10.0. The van der Waals surface area contributed by atoms with Crippen molar-refractivity contribution in [3.8, 4) is 11.8 Å². The summed E-state index contributed by atoms with van der Waals surface area (Å²) >= 11 is 0. The Morgan fingerprint density at radius 2 is 2.29 bits per heavy atom. The van der Waals surface area contributed by atoms with Gasteiger partial charge in [0.1, 0.15) is 0 Å². The summed E-state index contributed by atoms with van der Waals surface area (Å²) in [6, 6.07) is 0.797. The van der Waals surface area contributed by atoms with Gasteiger partial charge in [-0.1, -0.05) is 12.3 Å². The van der Waals surface area contributed by atoms with Gasteiger partial charge in [0.25, 0.3) is 0 Å². The third kappa shape index (κ3) is 4.13. The molecule has 0 amide bonds. The highest BCUT2D eigenvalue weighted by Crippen LogP contribution is 2.16. The molecule has 1 unspecified atom stereocenters. The van der Waals surface area contributed by atoms with E-state index in [1.165, 1.54) is 32.2 Å². The molecule has 1 heterocycles. The quantitative estimate of drug-likeness (QED) is 0.538. The van der Waals surface area contributed by atoms with Crippen molar-refractivity contribution in [3.63, 3.8) is 0 Å². The lowest BCUT2D eigenvalue weighted by Gasteiger charge is -2.32. The molecule has 0 aromatic heterocycles. The Hall–Kier alpha value is -0.520. The highest BCUT2D eigenvalue weighted by atomic mass is 15.1. The van der Waals surface area contributed by atoms with E-state index in [2.05, 4.69) is 29.1 Å². The van der Waals surface area contributed by atoms with Gasteiger partial charge < -0.3 is 10.2 Å². The maximum absolute atomic E-state index is 3.35. The van der Waals surface area contributed by atoms with E-state index in [4.69, 9.17) is 0 Å². The molecule has 0 aliphatic carbocycles. The third-order valence-electron chi connectivity index (χ3n) is 2.97. The molecule has 2 heteroatoms. The summed E-state index contributed by atoms with van der Waals surface area (Å²) in [5, 5.41) is 3.35. The first kappa shape index (κ1) is 11.6. The molecule has 14 heavy (non-hydrogen) atoms. The molecule has 80 valence electrons. The van der Waals surface area contributed by atoms with Crippen molar-refractivity contribution in [2.24, 2.45) is 0 Å². The molecule has 0 radical (unpaired) electrons. The van der Waals surface area contributed by atoms with Crippen LogP contribution in [0.15, 0.2) is 0 Å². The Morgan fingerprint density at radius 1 is 1.43 bits per heavy atom. The minimum Gasteiger partial charge on any atom is -0.306 e. The number of hydrogen-bond donors (Lipinski definition) is 1. The van der Waals surface area contributed by atoms with E-state index in [0.29, 0.717) is 0 Å². The van der Waals surface area contributed by atoms with E-state index in [1.807, 2.05) is 6.92 Å². The lowest BCUT2D eigenvalue weighted by molar-refractivity contribution is 0.176. The summed E-state index contributed by atoms with van der Waals surface area (Å²) in [6.07, 6.45) is 5.42. The van der Waals surface area contributed by atoms with E-state index in [9.17, 15) is 0 Å². The fourth-order valence-electron chi connectivity index (χ4n) is 2.02. The number of nitrogens with zero attached hydrogens (tertiary/aromatic N) is 1. The highest BCUT2D eigenvalue weighted by Gasteiger charge is 2.17. The van der Waals surface area contributed by atoms with Crippen molar-refractivity contribution < 1.29 is 0 Å². The minimum atomic E-state index is 0.797. The van der Waals surface area contributed by atoms with Gasteiger partial charge in [0.2, 0.25) is 0 Å². The molecular formula is C12H22N2. The van der Waals surface area contributed by atoms with Crippen LogP contribution in [0.1, 0.15) is 32.6 Å².